The van der Waals surface area contributed by atoms with Gasteiger partial charge in [-0.15, -0.1) is 0 Å². The minimum atomic E-state index is 0.173. The molecule has 86 valence electrons. The Morgan fingerprint density at radius 3 is 3.00 bits per heavy atom. The molecular weight excluding hydrogens is 202 g/mol. The van der Waals surface area contributed by atoms with Gasteiger partial charge in [0.15, 0.2) is 5.78 Å². The van der Waals surface area contributed by atoms with E-state index in [-0.39, 0.29) is 5.78 Å². The second kappa shape index (κ2) is 5.12. The molecule has 1 fully saturated rings. The van der Waals surface area contributed by atoms with E-state index >= 15 is 0 Å². The zero-order chi connectivity index (χ0) is 11.4. The van der Waals surface area contributed by atoms with Gasteiger partial charge in [0.2, 0.25) is 0 Å². The van der Waals surface area contributed by atoms with E-state index in [0.29, 0.717) is 12.5 Å². The van der Waals surface area contributed by atoms with Crippen LogP contribution in [0.2, 0.25) is 0 Å². The number of carbonyl (C=O) groups is 1. The van der Waals surface area contributed by atoms with Gasteiger partial charge in [-0.25, -0.2) is 0 Å². The number of benzene rings is 1. The summed E-state index contributed by atoms with van der Waals surface area (Å²) in [7, 11) is 1.61. The first-order valence-corrected chi connectivity index (χ1v) is 5.70. The number of Topliss-reactive ketones (excluding diaryl/α,β-unsaturated/α-hetero) is 1. The molecule has 2 rings (SSSR count). The largest absolute Gasteiger partial charge is 0.497 e. The Morgan fingerprint density at radius 2 is 2.31 bits per heavy atom. The van der Waals surface area contributed by atoms with Crippen LogP contribution in [0.1, 0.15) is 29.6 Å². The lowest BCUT2D eigenvalue weighted by Crippen LogP contribution is -2.20. The van der Waals surface area contributed by atoms with Crippen LogP contribution in [0.5, 0.6) is 5.75 Å². The first-order valence-electron chi connectivity index (χ1n) is 5.70. The van der Waals surface area contributed by atoms with Crippen LogP contribution in [0, 0.1) is 0 Å². The van der Waals surface area contributed by atoms with Crippen LogP contribution in [-0.4, -0.2) is 25.5 Å². The Balaban J connectivity index is 1.86. The fourth-order valence-corrected chi connectivity index (χ4v) is 1.62. The maximum Gasteiger partial charge on any atom is 0.164 e. The topological polar surface area (TPSA) is 38.3 Å². The molecule has 0 amide bonds. The number of nitrogens with one attached hydrogen (secondary N) is 1. The molecule has 3 heteroatoms. The zero-order valence-electron chi connectivity index (χ0n) is 9.53. The van der Waals surface area contributed by atoms with Crippen molar-refractivity contribution in [3.8, 4) is 5.75 Å². The number of rotatable bonds is 6. The summed E-state index contributed by atoms with van der Waals surface area (Å²) in [5, 5.41) is 3.33. The van der Waals surface area contributed by atoms with Gasteiger partial charge in [-0.2, -0.15) is 0 Å². The third kappa shape index (κ3) is 3.07. The molecule has 3 nitrogen and oxygen atoms in total. The molecule has 0 aromatic heterocycles. The van der Waals surface area contributed by atoms with Crippen LogP contribution >= 0.6 is 0 Å². The predicted octanol–water partition coefficient (Wildman–Crippen LogP) is 2.02. The van der Waals surface area contributed by atoms with Gasteiger partial charge in [-0.1, -0.05) is 12.1 Å². The summed E-state index contributed by atoms with van der Waals surface area (Å²) >= 11 is 0. The van der Waals surface area contributed by atoms with Crippen LogP contribution in [0.25, 0.3) is 0 Å². The molecule has 1 aromatic rings. The van der Waals surface area contributed by atoms with E-state index in [1.807, 2.05) is 18.2 Å². The van der Waals surface area contributed by atoms with Crippen molar-refractivity contribution >= 4 is 5.78 Å². The summed E-state index contributed by atoms with van der Waals surface area (Å²) in [6, 6.07) is 7.99. The number of hydrogen-bond acceptors (Lipinski definition) is 3. The third-order valence-corrected chi connectivity index (χ3v) is 2.75. The zero-order valence-corrected chi connectivity index (χ0v) is 9.53. The molecule has 0 atom stereocenters. The van der Waals surface area contributed by atoms with Crippen LogP contribution < -0.4 is 10.1 Å². The van der Waals surface area contributed by atoms with Crippen molar-refractivity contribution in [2.45, 2.75) is 25.3 Å². The Labute approximate surface area is 95.8 Å². The fourth-order valence-electron chi connectivity index (χ4n) is 1.62. The molecule has 0 unspecified atom stereocenters. The van der Waals surface area contributed by atoms with E-state index in [0.717, 1.165) is 17.9 Å². The highest BCUT2D eigenvalue weighted by molar-refractivity contribution is 5.96. The second-order valence-corrected chi connectivity index (χ2v) is 4.13. The molecule has 1 N–H and O–H groups in total. The van der Waals surface area contributed by atoms with Crippen LogP contribution in [0.15, 0.2) is 24.3 Å². The summed E-state index contributed by atoms with van der Waals surface area (Å²) in [4.78, 5) is 11.8. The molecule has 1 aliphatic carbocycles. The van der Waals surface area contributed by atoms with Crippen molar-refractivity contribution in [1.29, 1.82) is 0 Å². The molecule has 1 aromatic carbocycles. The number of ketones is 1. The lowest BCUT2D eigenvalue weighted by atomic mass is 10.1. The average molecular weight is 219 g/mol. The molecule has 0 heterocycles. The second-order valence-electron chi connectivity index (χ2n) is 4.13. The van der Waals surface area contributed by atoms with Gasteiger partial charge >= 0.3 is 0 Å². The Bertz CT molecular complexity index is 372. The lowest BCUT2D eigenvalue weighted by Gasteiger charge is -2.04. The summed E-state index contributed by atoms with van der Waals surface area (Å²) in [5.74, 6) is 0.910. The van der Waals surface area contributed by atoms with E-state index in [1.165, 1.54) is 12.8 Å². The van der Waals surface area contributed by atoms with Gasteiger partial charge in [0.05, 0.1) is 7.11 Å². The van der Waals surface area contributed by atoms with E-state index in [9.17, 15) is 4.79 Å². The van der Waals surface area contributed by atoms with Crippen molar-refractivity contribution in [2.24, 2.45) is 0 Å². The van der Waals surface area contributed by atoms with Gasteiger partial charge in [-0.05, 0) is 25.0 Å². The number of carbonyl (C=O) groups excluding carboxylic acids is 1. The third-order valence-electron chi connectivity index (χ3n) is 2.75. The summed E-state index contributed by atoms with van der Waals surface area (Å²) in [5.41, 5.74) is 0.733. The lowest BCUT2D eigenvalue weighted by molar-refractivity contribution is 0.0982. The van der Waals surface area contributed by atoms with E-state index < -0.39 is 0 Å². The maximum atomic E-state index is 11.8. The Morgan fingerprint density at radius 1 is 1.50 bits per heavy atom. The van der Waals surface area contributed by atoms with E-state index in [4.69, 9.17) is 4.74 Å². The molecule has 0 bridgehead atoms. The van der Waals surface area contributed by atoms with Crippen LogP contribution in [0.3, 0.4) is 0 Å². The monoisotopic (exact) mass is 219 g/mol. The van der Waals surface area contributed by atoms with E-state index in [2.05, 4.69) is 5.32 Å². The normalized spacial score (nSPS) is 14.8. The standard InChI is InChI=1S/C13H17NO2/c1-16-12-4-2-3-10(9-12)13(15)7-8-14-11-5-6-11/h2-4,9,11,14H,5-8H2,1H3. The van der Waals surface area contributed by atoms with Crippen molar-refractivity contribution in [3.05, 3.63) is 29.8 Å². The average Bonchev–Trinajstić information content (AvgIpc) is 3.13. The van der Waals surface area contributed by atoms with Crippen LogP contribution in [-0.2, 0) is 0 Å². The summed E-state index contributed by atoms with van der Waals surface area (Å²) in [6.45, 7) is 0.778. The Hall–Kier alpha value is -1.35. The first-order chi connectivity index (χ1) is 7.79. The smallest absolute Gasteiger partial charge is 0.164 e. The van der Waals surface area contributed by atoms with Crippen molar-refractivity contribution < 1.29 is 9.53 Å². The minimum Gasteiger partial charge on any atom is -0.497 e. The van der Waals surface area contributed by atoms with Crippen LogP contribution in [0.4, 0.5) is 0 Å². The highest BCUT2D eigenvalue weighted by atomic mass is 16.5. The van der Waals surface area contributed by atoms with Crippen molar-refractivity contribution in [2.75, 3.05) is 13.7 Å². The van der Waals surface area contributed by atoms with Gasteiger partial charge in [0.25, 0.3) is 0 Å². The number of methoxy groups -OCH3 is 1. The molecule has 1 saturated carbocycles. The molecule has 1 aliphatic rings. The minimum absolute atomic E-state index is 0.173. The molecule has 0 spiro atoms. The summed E-state index contributed by atoms with van der Waals surface area (Å²) < 4.78 is 5.09. The van der Waals surface area contributed by atoms with Crippen molar-refractivity contribution in [1.82, 2.24) is 5.32 Å². The molecule has 0 aliphatic heterocycles. The highest BCUT2D eigenvalue weighted by Crippen LogP contribution is 2.18. The van der Waals surface area contributed by atoms with Gasteiger partial charge in [-0.3, -0.25) is 4.79 Å². The molecular formula is C13H17NO2. The quantitative estimate of drug-likeness (QED) is 0.744. The van der Waals surface area contributed by atoms with Crippen molar-refractivity contribution in [3.63, 3.8) is 0 Å². The maximum absolute atomic E-state index is 11.8. The molecule has 0 saturated heterocycles. The first kappa shape index (κ1) is 11.1. The van der Waals surface area contributed by atoms with Gasteiger partial charge in [0.1, 0.15) is 5.75 Å². The predicted molar refractivity (Wildman–Crippen MR) is 63.0 cm³/mol. The van der Waals surface area contributed by atoms with Gasteiger partial charge < -0.3 is 10.1 Å². The van der Waals surface area contributed by atoms with Gasteiger partial charge in [0, 0.05) is 24.6 Å². The number of hydrogen-bond donors (Lipinski definition) is 1. The Kier molecular flexibility index (Phi) is 3.57. The molecule has 0 radical (unpaired) electrons. The highest BCUT2D eigenvalue weighted by Gasteiger charge is 2.20. The fraction of sp³-hybridized carbons (Fsp3) is 0.462. The number of ether oxygens (including phenoxy) is 1. The molecule has 16 heavy (non-hydrogen) atoms. The summed E-state index contributed by atoms with van der Waals surface area (Å²) in [6.07, 6.45) is 3.07. The SMILES string of the molecule is COc1cccc(C(=O)CCNC2CC2)c1. The van der Waals surface area contributed by atoms with E-state index in [1.54, 1.807) is 13.2 Å².